The van der Waals surface area contributed by atoms with E-state index in [1.165, 1.54) is 0 Å². The topological polar surface area (TPSA) is 54.9 Å². The number of carbonyl (C=O) groups excluding carboxylic acids is 1. The molecule has 3 heterocycles. The maximum atomic E-state index is 12.1. The van der Waals surface area contributed by atoms with Gasteiger partial charge < -0.3 is 19.3 Å². The number of rotatable bonds is 5. The zero-order valence-electron chi connectivity index (χ0n) is 14.0. The molecule has 2 aliphatic rings. The van der Waals surface area contributed by atoms with Crippen LogP contribution < -0.4 is 0 Å². The van der Waals surface area contributed by atoms with Crippen LogP contribution in [0.5, 0.6) is 0 Å². The first-order chi connectivity index (χ1) is 11.0. The third-order valence-corrected chi connectivity index (χ3v) is 5.46. The number of aromatic nitrogens is 1. The number of hydrogen-bond donors (Lipinski definition) is 0. The minimum atomic E-state index is 0.0805. The first kappa shape index (κ1) is 16.7. The molecule has 2 aliphatic heterocycles. The monoisotopic (exact) mass is 339 g/mol. The fourth-order valence-electron chi connectivity index (χ4n) is 3.42. The molecule has 2 saturated heterocycles. The number of aryl methyl sites for hydroxylation is 1. The van der Waals surface area contributed by atoms with Crippen LogP contribution in [0.3, 0.4) is 0 Å². The summed E-state index contributed by atoms with van der Waals surface area (Å²) in [7, 11) is 3.59. The second kappa shape index (κ2) is 7.15. The number of hydrogen-bond acceptors (Lipinski definition) is 5. The molecular formula is C16H25N3O3S. The second-order valence-electron chi connectivity index (χ2n) is 6.58. The Morgan fingerprint density at radius 2 is 2.35 bits per heavy atom. The molecule has 0 bridgehead atoms. The van der Waals surface area contributed by atoms with Crippen molar-refractivity contribution >= 4 is 17.4 Å². The first-order valence-corrected chi connectivity index (χ1v) is 8.99. The van der Waals surface area contributed by atoms with E-state index < -0.39 is 0 Å². The Labute approximate surface area is 141 Å². The summed E-state index contributed by atoms with van der Waals surface area (Å²) < 4.78 is 11.6. The zero-order valence-corrected chi connectivity index (χ0v) is 14.8. The molecule has 7 heteroatoms. The van der Waals surface area contributed by atoms with E-state index in [0.29, 0.717) is 18.4 Å². The maximum absolute atomic E-state index is 12.1. The predicted molar refractivity (Wildman–Crippen MR) is 88.5 cm³/mol. The lowest BCUT2D eigenvalue weighted by atomic mass is 9.91. The van der Waals surface area contributed by atoms with Gasteiger partial charge in [0.2, 0.25) is 0 Å². The Hall–Kier alpha value is -1.18. The Balaban J connectivity index is 1.42. The highest BCUT2D eigenvalue weighted by Crippen LogP contribution is 2.35. The molecule has 6 nitrogen and oxygen atoms in total. The zero-order chi connectivity index (χ0) is 16.4. The third-order valence-electron chi connectivity index (χ3n) is 4.64. The van der Waals surface area contributed by atoms with Gasteiger partial charge in [-0.25, -0.2) is 9.78 Å². The molecule has 2 amide bonds. The van der Waals surface area contributed by atoms with Gasteiger partial charge in [0.25, 0.3) is 0 Å². The summed E-state index contributed by atoms with van der Waals surface area (Å²) in [4.78, 5) is 20.0. The molecule has 0 N–H and O–H groups in total. The molecule has 0 spiro atoms. The highest BCUT2D eigenvalue weighted by molar-refractivity contribution is 7.09. The highest BCUT2D eigenvalue weighted by Gasteiger charge is 2.45. The van der Waals surface area contributed by atoms with Gasteiger partial charge in [-0.05, 0) is 19.3 Å². The molecule has 1 aromatic heterocycles. The number of carbonyl (C=O) groups is 1. The van der Waals surface area contributed by atoms with E-state index >= 15 is 0 Å². The van der Waals surface area contributed by atoms with Crippen molar-refractivity contribution in [3.8, 4) is 0 Å². The van der Waals surface area contributed by atoms with Crippen molar-refractivity contribution in [3.05, 3.63) is 16.1 Å². The van der Waals surface area contributed by atoms with Crippen LogP contribution in [-0.4, -0.2) is 67.3 Å². The number of urea groups is 1. The van der Waals surface area contributed by atoms with Gasteiger partial charge in [0, 0.05) is 45.1 Å². The Morgan fingerprint density at radius 1 is 1.52 bits per heavy atom. The molecule has 128 valence electrons. The fraction of sp³-hybridized carbons (Fsp3) is 0.750. The Morgan fingerprint density at radius 3 is 3.04 bits per heavy atom. The lowest BCUT2D eigenvalue weighted by Gasteiger charge is -2.23. The number of fused-ring (bicyclic) bond motifs is 1. The number of amides is 2. The van der Waals surface area contributed by atoms with Gasteiger partial charge in [-0.2, -0.15) is 0 Å². The summed E-state index contributed by atoms with van der Waals surface area (Å²) in [5, 5.41) is 3.12. The average Bonchev–Trinajstić information content (AvgIpc) is 3.19. The van der Waals surface area contributed by atoms with Gasteiger partial charge in [0.1, 0.15) is 0 Å². The van der Waals surface area contributed by atoms with E-state index in [0.717, 1.165) is 43.4 Å². The molecule has 2 fully saturated rings. The molecular weight excluding hydrogens is 314 g/mol. The van der Waals surface area contributed by atoms with Crippen LogP contribution in [0.25, 0.3) is 0 Å². The molecule has 3 atom stereocenters. The first-order valence-electron chi connectivity index (χ1n) is 8.11. The van der Waals surface area contributed by atoms with Crippen LogP contribution in [0.1, 0.15) is 17.1 Å². The molecule has 3 rings (SSSR count). The van der Waals surface area contributed by atoms with Gasteiger partial charge in [-0.3, -0.25) is 0 Å². The van der Waals surface area contributed by atoms with Gasteiger partial charge in [-0.15, -0.1) is 11.3 Å². The van der Waals surface area contributed by atoms with E-state index in [4.69, 9.17) is 9.47 Å². The summed E-state index contributed by atoms with van der Waals surface area (Å²) in [6.07, 6.45) is 1.18. The van der Waals surface area contributed by atoms with Crippen LogP contribution in [-0.2, 0) is 16.1 Å². The van der Waals surface area contributed by atoms with E-state index in [1.807, 2.05) is 17.2 Å². The largest absolute Gasteiger partial charge is 0.376 e. The van der Waals surface area contributed by atoms with E-state index in [9.17, 15) is 4.79 Å². The van der Waals surface area contributed by atoms with Crippen molar-refractivity contribution < 1.29 is 14.3 Å². The van der Waals surface area contributed by atoms with Crippen LogP contribution in [0, 0.1) is 18.8 Å². The van der Waals surface area contributed by atoms with Crippen LogP contribution in [0.15, 0.2) is 5.38 Å². The smallest absolute Gasteiger partial charge is 0.319 e. The van der Waals surface area contributed by atoms with Crippen LogP contribution in [0.2, 0.25) is 0 Å². The molecule has 0 unspecified atom stereocenters. The number of thiazole rings is 1. The lowest BCUT2D eigenvalue weighted by Crippen LogP contribution is -2.39. The van der Waals surface area contributed by atoms with Crippen molar-refractivity contribution in [1.82, 2.24) is 14.8 Å². The summed E-state index contributed by atoms with van der Waals surface area (Å²) >= 11 is 1.65. The standard InChI is InChI=1S/C16H25N3O3S/c1-11-17-13(10-23-11)9-21-5-4-12-8-22-15-7-19(6-14(12)15)16(20)18(2)3/h10,12,14-15H,4-9H2,1-3H3/t12-,14-,15-/m0/s1. The molecule has 0 saturated carbocycles. The normalized spacial score (nSPS) is 26.6. The summed E-state index contributed by atoms with van der Waals surface area (Å²) in [6, 6.07) is 0.0805. The number of ether oxygens (including phenoxy) is 2. The Kier molecular flexibility index (Phi) is 5.18. The number of likely N-dealkylation sites (tertiary alicyclic amines) is 1. The SMILES string of the molecule is Cc1nc(COCC[C@H]2CO[C@H]3CN(C(=O)N(C)C)C[C@@H]23)cs1. The van der Waals surface area contributed by atoms with E-state index in [1.54, 1.807) is 30.3 Å². The van der Waals surface area contributed by atoms with Gasteiger partial charge >= 0.3 is 6.03 Å². The van der Waals surface area contributed by atoms with Crippen molar-refractivity contribution in [3.63, 3.8) is 0 Å². The summed E-state index contributed by atoms with van der Waals surface area (Å²) in [5.74, 6) is 0.932. The average molecular weight is 339 g/mol. The molecule has 0 aliphatic carbocycles. The molecule has 1 aromatic rings. The van der Waals surface area contributed by atoms with Gasteiger partial charge in [0.15, 0.2) is 0 Å². The van der Waals surface area contributed by atoms with Crippen molar-refractivity contribution in [2.24, 2.45) is 11.8 Å². The van der Waals surface area contributed by atoms with Crippen molar-refractivity contribution in [2.75, 3.05) is 40.4 Å². The minimum absolute atomic E-state index is 0.0805. The van der Waals surface area contributed by atoms with Gasteiger partial charge in [0.05, 0.1) is 30.0 Å². The highest BCUT2D eigenvalue weighted by atomic mass is 32.1. The van der Waals surface area contributed by atoms with E-state index in [-0.39, 0.29) is 12.1 Å². The van der Waals surface area contributed by atoms with Crippen LogP contribution >= 0.6 is 11.3 Å². The Bertz CT molecular complexity index is 548. The third kappa shape index (κ3) is 3.84. The minimum Gasteiger partial charge on any atom is -0.376 e. The summed E-state index contributed by atoms with van der Waals surface area (Å²) in [6.45, 7) is 5.62. The molecule has 0 radical (unpaired) electrons. The van der Waals surface area contributed by atoms with E-state index in [2.05, 4.69) is 4.98 Å². The predicted octanol–water partition coefficient (Wildman–Crippen LogP) is 1.99. The maximum Gasteiger partial charge on any atom is 0.319 e. The fourth-order valence-corrected chi connectivity index (χ4v) is 4.02. The van der Waals surface area contributed by atoms with Crippen molar-refractivity contribution in [1.29, 1.82) is 0 Å². The molecule has 0 aromatic carbocycles. The second-order valence-corrected chi connectivity index (χ2v) is 7.64. The lowest BCUT2D eigenvalue weighted by molar-refractivity contribution is 0.0829. The van der Waals surface area contributed by atoms with Crippen molar-refractivity contribution in [2.45, 2.75) is 26.1 Å². The quantitative estimate of drug-likeness (QED) is 0.770. The van der Waals surface area contributed by atoms with Gasteiger partial charge in [-0.1, -0.05) is 0 Å². The summed E-state index contributed by atoms with van der Waals surface area (Å²) in [5.41, 5.74) is 1.01. The van der Waals surface area contributed by atoms with Crippen LogP contribution in [0.4, 0.5) is 4.79 Å². The molecule has 23 heavy (non-hydrogen) atoms. The number of nitrogens with zero attached hydrogens (tertiary/aromatic N) is 3.